The zero-order chi connectivity index (χ0) is 9.72. The van der Waals surface area contributed by atoms with Crippen molar-refractivity contribution in [3.63, 3.8) is 0 Å². The van der Waals surface area contributed by atoms with E-state index in [1.54, 1.807) is 18.7 Å². The number of rotatable bonds is 5. The molecule has 0 aromatic carbocycles. The first-order chi connectivity index (χ1) is 5.49. The minimum Gasteiger partial charge on any atom is -0.392 e. The topological polar surface area (TPSA) is 70.1 Å². The molecule has 0 rings (SSSR count). The molecule has 4 N–H and O–H groups in total. The molecule has 0 aliphatic carbocycles. The van der Waals surface area contributed by atoms with E-state index < -0.39 is 0 Å². The predicted octanol–water partition coefficient (Wildman–Crippen LogP) is 1.20. The van der Waals surface area contributed by atoms with Crippen LogP contribution in [0.3, 0.4) is 0 Å². The molecule has 0 radical (unpaired) electrons. The Morgan fingerprint density at radius 3 is 2.33 bits per heavy atom. The van der Waals surface area contributed by atoms with Gasteiger partial charge in [0.2, 0.25) is 0 Å². The molecule has 0 heterocycles. The summed E-state index contributed by atoms with van der Waals surface area (Å²) in [5.41, 5.74) is 5.38. The molecule has 0 aromatic rings. The zero-order valence-electron chi connectivity index (χ0n) is 7.87. The Bertz CT molecular complexity index is 150. The van der Waals surface area contributed by atoms with Gasteiger partial charge in [-0.3, -0.25) is 5.41 Å². The Morgan fingerprint density at radius 1 is 1.58 bits per heavy atom. The highest BCUT2D eigenvalue weighted by molar-refractivity contribution is 8.01. The third-order valence-corrected chi connectivity index (χ3v) is 3.51. The van der Waals surface area contributed by atoms with Crippen LogP contribution in [0.5, 0.6) is 0 Å². The van der Waals surface area contributed by atoms with Crippen LogP contribution >= 0.6 is 11.8 Å². The average Bonchev–Trinajstić information content (AvgIpc) is 1.98. The second kappa shape index (κ2) is 5.43. The van der Waals surface area contributed by atoms with Crippen LogP contribution in [0.15, 0.2) is 0 Å². The lowest BCUT2D eigenvalue weighted by Crippen LogP contribution is -2.28. The molecular formula is C8H18N2OS. The average molecular weight is 190 g/mol. The lowest BCUT2D eigenvalue weighted by molar-refractivity contribution is 0.196. The normalized spacial score (nSPS) is 18.3. The molecule has 3 atom stereocenters. The van der Waals surface area contributed by atoms with Gasteiger partial charge in [0.15, 0.2) is 0 Å². The number of hydrogen-bond donors (Lipinski definition) is 3. The molecule has 3 unspecified atom stereocenters. The van der Waals surface area contributed by atoms with Crippen LogP contribution in [0, 0.1) is 5.41 Å². The Balaban J connectivity index is 3.94. The van der Waals surface area contributed by atoms with E-state index in [-0.39, 0.29) is 22.4 Å². The van der Waals surface area contributed by atoms with E-state index in [1.807, 2.05) is 13.8 Å². The Hall–Kier alpha value is -0.220. The van der Waals surface area contributed by atoms with Crippen molar-refractivity contribution in [3.05, 3.63) is 0 Å². The van der Waals surface area contributed by atoms with Crippen molar-refractivity contribution in [2.45, 2.75) is 43.8 Å². The fraction of sp³-hybridized carbons (Fsp3) is 0.875. The molecule has 0 aliphatic rings. The quantitative estimate of drug-likeness (QED) is 0.451. The van der Waals surface area contributed by atoms with E-state index in [2.05, 4.69) is 0 Å². The molecule has 0 saturated carbocycles. The minimum atomic E-state index is -0.344. The van der Waals surface area contributed by atoms with Crippen LogP contribution in [0.25, 0.3) is 0 Å². The van der Waals surface area contributed by atoms with E-state index in [0.717, 1.165) is 6.42 Å². The molecule has 0 bridgehead atoms. The van der Waals surface area contributed by atoms with Crippen molar-refractivity contribution in [3.8, 4) is 0 Å². The number of thioether (sulfide) groups is 1. The lowest BCUT2D eigenvalue weighted by atomic mass is 10.3. The van der Waals surface area contributed by atoms with Crippen molar-refractivity contribution in [2.75, 3.05) is 0 Å². The van der Waals surface area contributed by atoms with E-state index in [9.17, 15) is 5.11 Å². The van der Waals surface area contributed by atoms with Gasteiger partial charge in [0.25, 0.3) is 0 Å². The molecular weight excluding hydrogens is 172 g/mol. The zero-order valence-corrected chi connectivity index (χ0v) is 8.69. The largest absolute Gasteiger partial charge is 0.392 e. The van der Waals surface area contributed by atoms with E-state index in [1.165, 1.54) is 0 Å². The summed E-state index contributed by atoms with van der Waals surface area (Å²) in [4.78, 5) is 0. The molecule has 3 nitrogen and oxygen atoms in total. The van der Waals surface area contributed by atoms with Crippen molar-refractivity contribution >= 4 is 17.6 Å². The van der Waals surface area contributed by atoms with Gasteiger partial charge in [-0.1, -0.05) is 13.8 Å². The van der Waals surface area contributed by atoms with Crippen LogP contribution < -0.4 is 5.73 Å². The monoisotopic (exact) mass is 190 g/mol. The highest BCUT2D eigenvalue weighted by atomic mass is 32.2. The first kappa shape index (κ1) is 11.8. The standard InChI is InChI=1S/C8H18N2OS/c1-4-7(8(9)10)12-6(3)5(2)11/h5-7,11H,4H2,1-3H3,(H3,9,10). The molecule has 0 fully saturated rings. The number of amidine groups is 1. The molecule has 0 aromatic heterocycles. The van der Waals surface area contributed by atoms with Gasteiger partial charge in [0.05, 0.1) is 11.4 Å². The van der Waals surface area contributed by atoms with Crippen LogP contribution in [0.2, 0.25) is 0 Å². The van der Waals surface area contributed by atoms with E-state index in [4.69, 9.17) is 11.1 Å². The second-order valence-electron chi connectivity index (χ2n) is 2.93. The predicted molar refractivity (Wildman–Crippen MR) is 54.7 cm³/mol. The van der Waals surface area contributed by atoms with Crippen molar-refractivity contribution < 1.29 is 5.11 Å². The van der Waals surface area contributed by atoms with Gasteiger partial charge < -0.3 is 10.8 Å². The lowest BCUT2D eigenvalue weighted by Gasteiger charge is -2.20. The summed E-state index contributed by atoms with van der Waals surface area (Å²) in [5.74, 6) is 0.204. The molecule has 0 amide bonds. The van der Waals surface area contributed by atoms with Crippen LogP contribution in [0.1, 0.15) is 27.2 Å². The third kappa shape index (κ3) is 3.97. The number of aliphatic hydroxyl groups is 1. The molecule has 4 heteroatoms. The summed E-state index contributed by atoms with van der Waals surface area (Å²) in [6.07, 6.45) is 0.500. The fourth-order valence-corrected chi connectivity index (χ4v) is 1.85. The third-order valence-electron chi connectivity index (χ3n) is 1.78. The molecule has 0 spiro atoms. The molecule has 0 saturated heterocycles. The fourth-order valence-electron chi connectivity index (χ4n) is 0.762. The van der Waals surface area contributed by atoms with Crippen molar-refractivity contribution in [1.29, 1.82) is 5.41 Å². The van der Waals surface area contributed by atoms with Gasteiger partial charge in [-0.15, -0.1) is 11.8 Å². The van der Waals surface area contributed by atoms with E-state index >= 15 is 0 Å². The Kier molecular flexibility index (Phi) is 5.33. The summed E-state index contributed by atoms with van der Waals surface area (Å²) < 4.78 is 0. The Morgan fingerprint density at radius 2 is 2.08 bits per heavy atom. The maximum Gasteiger partial charge on any atom is 0.104 e. The first-order valence-electron chi connectivity index (χ1n) is 4.16. The molecule has 72 valence electrons. The summed E-state index contributed by atoms with van der Waals surface area (Å²) in [6.45, 7) is 5.69. The highest BCUT2D eigenvalue weighted by Crippen LogP contribution is 2.22. The second-order valence-corrected chi connectivity index (χ2v) is 4.52. The van der Waals surface area contributed by atoms with Gasteiger partial charge in [-0.25, -0.2) is 0 Å². The minimum absolute atomic E-state index is 0.0506. The Labute approximate surface area is 78.2 Å². The first-order valence-corrected chi connectivity index (χ1v) is 5.10. The van der Waals surface area contributed by atoms with Crippen LogP contribution in [0.4, 0.5) is 0 Å². The number of nitrogens with one attached hydrogen (secondary N) is 1. The van der Waals surface area contributed by atoms with Crippen molar-refractivity contribution in [2.24, 2.45) is 5.73 Å². The van der Waals surface area contributed by atoms with Gasteiger partial charge >= 0.3 is 0 Å². The highest BCUT2D eigenvalue weighted by Gasteiger charge is 2.17. The van der Waals surface area contributed by atoms with Gasteiger partial charge in [0.1, 0.15) is 5.84 Å². The van der Waals surface area contributed by atoms with Crippen molar-refractivity contribution in [1.82, 2.24) is 0 Å². The maximum atomic E-state index is 9.21. The molecule has 12 heavy (non-hydrogen) atoms. The number of nitrogens with two attached hydrogens (primary N) is 1. The van der Waals surface area contributed by atoms with Gasteiger partial charge in [-0.2, -0.15) is 0 Å². The van der Waals surface area contributed by atoms with Gasteiger partial charge in [0, 0.05) is 5.25 Å². The summed E-state index contributed by atoms with van der Waals surface area (Å²) in [6, 6.07) is 0. The van der Waals surface area contributed by atoms with E-state index in [0.29, 0.717) is 0 Å². The smallest absolute Gasteiger partial charge is 0.104 e. The SMILES string of the molecule is CCC(SC(C)C(C)O)C(=N)N. The van der Waals surface area contributed by atoms with Crippen LogP contribution in [-0.2, 0) is 0 Å². The summed E-state index contributed by atoms with van der Waals surface area (Å²) >= 11 is 1.56. The number of hydrogen-bond acceptors (Lipinski definition) is 3. The molecule has 0 aliphatic heterocycles. The summed E-state index contributed by atoms with van der Waals surface area (Å²) in [5, 5.41) is 16.7. The van der Waals surface area contributed by atoms with Crippen LogP contribution in [-0.4, -0.2) is 27.5 Å². The maximum absolute atomic E-state index is 9.21. The number of aliphatic hydroxyl groups excluding tert-OH is 1. The van der Waals surface area contributed by atoms with Gasteiger partial charge in [-0.05, 0) is 13.3 Å². The summed E-state index contributed by atoms with van der Waals surface area (Å²) in [7, 11) is 0.